The SMILES string of the molecule is Nc1nn2cc3c(nc2c1N=Nc1ccccc1)-c1ccccc1C3. The quantitative estimate of drug-likeness (QED) is 0.491. The van der Waals surface area contributed by atoms with Gasteiger partial charge in [-0.1, -0.05) is 42.5 Å². The van der Waals surface area contributed by atoms with E-state index in [-0.39, 0.29) is 0 Å². The number of fused-ring (bicyclic) bond motifs is 4. The number of benzene rings is 2. The molecule has 0 saturated heterocycles. The molecule has 2 aromatic heterocycles. The van der Waals surface area contributed by atoms with E-state index in [0.29, 0.717) is 17.2 Å². The van der Waals surface area contributed by atoms with Gasteiger partial charge in [-0.2, -0.15) is 5.11 Å². The van der Waals surface area contributed by atoms with Crippen LogP contribution in [-0.4, -0.2) is 14.6 Å². The molecular formula is C19H14N6. The Morgan fingerprint density at radius 3 is 2.60 bits per heavy atom. The fourth-order valence-electron chi connectivity index (χ4n) is 3.19. The molecule has 4 aromatic rings. The van der Waals surface area contributed by atoms with E-state index in [1.165, 1.54) is 5.56 Å². The maximum absolute atomic E-state index is 6.05. The van der Waals surface area contributed by atoms with Gasteiger partial charge in [-0.25, -0.2) is 9.50 Å². The van der Waals surface area contributed by atoms with Crippen molar-refractivity contribution in [2.24, 2.45) is 10.2 Å². The summed E-state index contributed by atoms with van der Waals surface area (Å²) in [6.07, 6.45) is 2.84. The molecule has 25 heavy (non-hydrogen) atoms. The van der Waals surface area contributed by atoms with Crippen LogP contribution in [0, 0.1) is 0 Å². The Kier molecular flexibility index (Phi) is 2.90. The first kappa shape index (κ1) is 13.9. The number of hydrogen-bond donors (Lipinski definition) is 1. The smallest absolute Gasteiger partial charge is 0.185 e. The Balaban J connectivity index is 1.66. The summed E-state index contributed by atoms with van der Waals surface area (Å²) in [6, 6.07) is 17.8. The van der Waals surface area contributed by atoms with Crippen molar-refractivity contribution in [3.63, 3.8) is 0 Å². The van der Waals surface area contributed by atoms with Crippen molar-refractivity contribution < 1.29 is 0 Å². The lowest BCUT2D eigenvalue weighted by molar-refractivity contribution is 0.932. The van der Waals surface area contributed by atoms with E-state index in [0.717, 1.165) is 28.9 Å². The number of nitrogen functional groups attached to an aromatic ring is 1. The Labute approximate surface area is 143 Å². The van der Waals surface area contributed by atoms with Crippen molar-refractivity contribution in [2.45, 2.75) is 6.42 Å². The number of anilines is 1. The molecule has 0 spiro atoms. The maximum Gasteiger partial charge on any atom is 0.185 e. The molecule has 0 atom stereocenters. The standard InChI is InChI=1S/C19H14N6/c20-18-17(23-22-14-7-2-1-3-8-14)19-21-16-13(11-25(19)24-18)10-12-6-4-5-9-15(12)16/h1-9,11H,10H2,(H2,20,24). The fraction of sp³-hybridized carbons (Fsp3) is 0.0526. The lowest BCUT2D eigenvalue weighted by atomic mass is 10.1. The van der Waals surface area contributed by atoms with Crippen LogP contribution >= 0.6 is 0 Å². The Morgan fingerprint density at radius 1 is 0.920 bits per heavy atom. The van der Waals surface area contributed by atoms with Crippen LogP contribution in [0.5, 0.6) is 0 Å². The summed E-state index contributed by atoms with van der Waals surface area (Å²) in [7, 11) is 0. The summed E-state index contributed by atoms with van der Waals surface area (Å²) >= 11 is 0. The minimum Gasteiger partial charge on any atom is -0.380 e. The number of nitrogens with zero attached hydrogens (tertiary/aromatic N) is 5. The second-order valence-electron chi connectivity index (χ2n) is 5.99. The number of nitrogens with two attached hydrogens (primary N) is 1. The summed E-state index contributed by atoms with van der Waals surface area (Å²) in [4.78, 5) is 4.80. The van der Waals surface area contributed by atoms with E-state index in [9.17, 15) is 0 Å². The zero-order chi connectivity index (χ0) is 16.8. The second-order valence-corrected chi connectivity index (χ2v) is 5.99. The van der Waals surface area contributed by atoms with E-state index >= 15 is 0 Å². The van der Waals surface area contributed by atoms with Crippen molar-refractivity contribution >= 4 is 22.8 Å². The minimum atomic E-state index is 0.323. The molecule has 1 aliphatic carbocycles. The van der Waals surface area contributed by atoms with Gasteiger partial charge < -0.3 is 5.73 Å². The zero-order valence-corrected chi connectivity index (χ0v) is 13.3. The van der Waals surface area contributed by atoms with Crippen LogP contribution in [0.4, 0.5) is 17.2 Å². The van der Waals surface area contributed by atoms with Gasteiger partial charge in [-0.15, -0.1) is 10.2 Å². The predicted molar refractivity (Wildman–Crippen MR) is 96.3 cm³/mol. The van der Waals surface area contributed by atoms with Crippen LogP contribution in [0.15, 0.2) is 71.0 Å². The third kappa shape index (κ3) is 2.19. The van der Waals surface area contributed by atoms with Gasteiger partial charge in [-0.3, -0.25) is 0 Å². The first-order chi connectivity index (χ1) is 12.3. The van der Waals surface area contributed by atoms with Gasteiger partial charge >= 0.3 is 0 Å². The highest BCUT2D eigenvalue weighted by Gasteiger charge is 2.22. The molecule has 2 N–H and O–H groups in total. The van der Waals surface area contributed by atoms with Gasteiger partial charge in [0.05, 0.1) is 11.4 Å². The first-order valence-corrected chi connectivity index (χ1v) is 8.02. The largest absolute Gasteiger partial charge is 0.380 e. The molecule has 0 fully saturated rings. The van der Waals surface area contributed by atoms with Gasteiger partial charge in [0.2, 0.25) is 0 Å². The third-order valence-electron chi connectivity index (χ3n) is 4.36. The topological polar surface area (TPSA) is 80.9 Å². The number of azo groups is 1. The Bertz CT molecular complexity index is 1130. The van der Waals surface area contributed by atoms with Crippen LogP contribution in [0.3, 0.4) is 0 Å². The first-order valence-electron chi connectivity index (χ1n) is 8.02. The summed E-state index contributed by atoms with van der Waals surface area (Å²) in [5, 5.41) is 12.9. The zero-order valence-electron chi connectivity index (χ0n) is 13.3. The summed E-state index contributed by atoms with van der Waals surface area (Å²) in [5.41, 5.74) is 12.5. The second kappa shape index (κ2) is 5.24. The van der Waals surface area contributed by atoms with Crippen LogP contribution < -0.4 is 5.73 Å². The van der Waals surface area contributed by atoms with E-state index in [1.807, 2.05) is 48.7 Å². The van der Waals surface area contributed by atoms with Gasteiger partial charge in [0.25, 0.3) is 0 Å². The van der Waals surface area contributed by atoms with Gasteiger partial charge in [0.1, 0.15) is 0 Å². The van der Waals surface area contributed by atoms with Crippen molar-refractivity contribution in [3.05, 3.63) is 71.9 Å². The van der Waals surface area contributed by atoms with Gasteiger partial charge in [0, 0.05) is 23.7 Å². The highest BCUT2D eigenvalue weighted by Crippen LogP contribution is 2.37. The van der Waals surface area contributed by atoms with Crippen molar-refractivity contribution in [2.75, 3.05) is 5.73 Å². The number of aromatic nitrogens is 3. The average molecular weight is 326 g/mol. The molecule has 0 bridgehead atoms. The van der Waals surface area contributed by atoms with Crippen LogP contribution in [0.25, 0.3) is 16.9 Å². The summed E-state index contributed by atoms with van der Waals surface area (Å²) in [5.74, 6) is 0.323. The number of rotatable bonds is 2. The molecule has 0 amide bonds. The Hall–Kier alpha value is -3.54. The maximum atomic E-state index is 6.05. The predicted octanol–water partition coefficient (Wildman–Crippen LogP) is 4.30. The molecule has 5 rings (SSSR count). The molecule has 2 heterocycles. The normalized spacial score (nSPS) is 12.6. The lowest BCUT2D eigenvalue weighted by Gasteiger charge is -2.01. The van der Waals surface area contributed by atoms with Crippen molar-refractivity contribution in [1.29, 1.82) is 0 Å². The molecule has 0 aliphatic heterocycles. The monoisotopic (exact) mass is 326 g/mol. The Morgan fingerprint density at radius 2 is 1.72 bits per heavy atom. The lowest BCUT2D eigenvalue weighted by Crippen LogP contribution is -1.95. The van der Waals surface area contributed by atoms with E-state index in [4.69, 9.17) is 10.7 Å². The molecule has 0 saturated carbocycles. The van der Waals surface area contributed by atoms with Crippen LogP contribution in [-0.2, 0) is 6.42 Å². The van der Waals surface area contributed by atoms with Crippen molar-refractivity contribution in [3.8, 4) is 11.3 Å². The molecular weight excluding hydrogens is 312 g/mol. The molecule has 2 aromatic carbocycles. The molecule has 6 nitrogen and oxygen atoms in total. The summed E-state index contributed by atoms with van der Waals surface area (Å²) < 4.78 is 1.69. The number of hydrogen-bond acceptors (Lipinski definition) is 5. The minimum absolute atomic E-state index is 0.323. The van der Waals surface area contributed by atoms with E-state index < -0.39 is 0 Å². The molecule has 120 valence electrons. The summed E-state index contributed by atoms with van der Waals surface area (Å²) in [6.45, 7) is 0. The molecule has 1 aliphatic rings. The van der Waals surface area contributed by atoms with Crippen molar-refractivity contribution in [1.82, 2.24) is 14.6 Å². The third-order valence-corrected chi connectivity index (χ3v) is 4.36. The average Bonchev–Trinajstić information content (AvgIpc) is 3.15. The molecule has 0 unspecified atom stereocenters. The molecule has 0 radical (unpaired) electrons. The van der Waals surface area contributed by atoms with Gasteiger partial charge in [0.15, 0.2) is 17.2 Å². The fourth-order valence-corrected chi connectivity index (χ4v) is 3.19. The van der Waals surface area contributed by atoms with Crippen LogP contribution in [0.1, 0.15) is 11.1 Å². The molecule has 6 heteroatoms. The van der Waals surface area contributed by atoms with Crippen LogP contribution in [0.2, 0.25) is 0 Å². The van der Waals surface area contributed by atoms with E-state index in [1.54, 1.807) is 4.52 Å². The highest BCUT2D eigenvalue weighted by molar-refractivity contribution is 5.80. The van der Waals surface area contributed by atoms with E-state index in [2.05, 4.69) is 27.5 Å². The van der Waals surface area contributed by atoms with Gasteiger partial charge in [-0.05, 0) is 17.7 Å². The highest BCUT2D eigenvalue weighted by atomic mass is 15.3.